The number of carbonyl (C=O) groups is 2. The number of primary amides is 1. The van der Waals surface area contributed by atoms with E-state index in [4.69, 9.17) is 10.8 Å². The Bertz CT molecular complexity index is 419. The molecule has 0 saturated heterocycles. The summed E-state index contributed by atoms with van der Waals surface area (Å²) in [6.45, 7) is 1.40. The molecule has 0 spiro atoms. The average molecular weight is 240 g/mol. The summed E-state index contributed by atoms with van der Waals surface area (Å²) in [6, 6.07) is 4.32. The minimum Gasteiger partial charge on any atom is -0.481 e. The summed E-state index contributed by atoms with van der Waals surface area (Å²) >= 11 is 0. The number of nitrogens with two attached hydrogens (primary N) is 1. The molecule has 1 aromatic carbocycles. The molecule has 0 aliphatic heterocycles. The summed E-state index contributed by atoms with van der Waals surface area (Å²) in [5, 5.41) is 8.76. The zero-order chi connectivity index (χ0) is 13.0. The average Bonchev–Trinajstić information content (AvgIpc) is 2.26. The van der Waals surface area contributed by atoms with E-state index >= 15 is 0 Å². The van der Waals surface area contributed by atoms with E-state index in [0.717, 1.165) is 4.90 Å². The predicted octanol–water partition coefficient (Wildman–Crippen LogP) is 1.43. The first kappa shape index (κ1) is 13.0. The van der Waals surface area contributed by atoms with Gasteiger partial charge in [0.2, 0.25) is 0 Å². The van der Waals surface area contributed by atoms with Crippen molar-refractivity contribution in [2.75, 3.05) is 11.4 Å². The van der Waals surface area contributed by atoms with Crippen LogP contribution in [0.15, 0.2) is 24.3 Å². The van der Waals surface area contributed by atoms with E-state index in [1.54, 1.807) is 0 Å². The number of nitrogens with zero attached hydrogens (tertiary/aromatic N) is 1. The van der Waals surface area contributed by atoms with E-state index in [9.17, 15) is 14.0 Å². The van der Waals surface area contributed by atoms with Crippen LogP contribution in [0, 0.1) is 11.7 Å². The van der Waals surface area contributed by atoms with Crippen LogP contribution in [0.25, 0.3) is 0 Å². The SMILES string of the molecule is CC(CN(C(N)=O)c1ccc(F)cc1)C(=O)O. The maximum atomic E-state index is 12.7. The van der Waals surface area contributed by atoms with Gasteiger partial charge >= 0.3 is 12.0 Å². The molecule has 0 aromatic heterocycles. The number of aliphatic carboxylic acids is 1. The van der Waals surface area contributed by atoms with E-state index in [1.807, 2.05) is 0 Å². The van der Waals surface area contributed by atoms with Gasteiger partial charge in [-0.1, -0.05) is 6.92 Å². The minimum absolute atomic E-state index is 0.0592. The lowest BCUT2D eigenvalue weighted by atomic mass is 10.1. The number of carbonyl (C=O) groups excluding carboxylic acids is 1. The van der Waals surface area contributed by atoms with Gasteiger partial charge in [0.15, 0.2) is 0 Å². The molecule has 0 heterocycles. The Labute approximate surface area is 97.6 Å². The largest absolute Gasteiger partial charge is 0.481 e. The number of hydrogen-bond donors (Lipinski definition) is 2. The highest BCUT2D eigenvalue weighted by molar-refractivity contribution is 5.91. The molecule has 3 N–H and O–H groups in total. The number of amides is 2. The first-order valence-corrected chi connectivity index (χ1v) is 4.97. The summed E-state index contributed by atoms with van der Waals surface area (Å²) < 4.78 is 12.7. The summed E-state index contributed by atoms with van der Waals surface area (Å²) in [7, 11) is 0. The summed E-state index contributed by atoms with van der Waals surface area (Å²) in [6.07, 6.45) is 0. The first-order chi connectivity index (χ1) is 7.91. The van der Waals surface area contributed by atoms with Crippen molar-refractivity contribution in [1.29, 1.82) is 0 Å². The first-order valence-electron chi connectivity index (χ1n) is 4.97. The molecule has 1 atom stereocenters. The number of carboxylic acids is 1. The van der Waals surface area contributed by atoms with E-state index in [1.165, 1.54) is 31.2 Å². The van der Waals surface area contributed by atoms with Crippen molar-refractivity contribution in [1.82, 2.24) is 0 Å². The van der Waals surface area contributed by atoms with Gasteiger partial charge in [-0.2, -0.15) is 0 Å². The summed E-state index contributed by atoms with van der Waals surface area (Å²) in [5.74, 6) is -2.23. The molecule has 1 aromatic rings. The Morgan fingerprint density at radius 2 is 1.94 bits per heavy atom. The number of benzene rings is 1. The molecular weight excluding hydrogens is 227 g/mol. The van der Waals surface area contributed by atoms with Crippen LogP contribution in [-0.2, 0) is 4.79 Å². The van der Waals surface area contributed by atoms with Gasteiger partial charge in [0.05, 0.1) is 5.92 Å². The molecule has 0 aliphatic carbocycles. The smallest absolute Gasteiger partial charge is 0.319 e. The number of carboxylic acid groups (broad SMARTS) is 1. The third kappa shape index (κ3) is 3.44. The van der Waals surface area contributed by atoms with Crippen molar-refractivity contribution >= 4 is 17.7 Å². The molecule has 1 rings (SSSR count). The minimum atomic E-state index is -1.03. The molecule has 0 aliphatic rings. The van der Waals surface area contributed by atoms with Gasteiger partial charge < -0.3 is 10.8 Å². The Hall–Kier alpha value is -2.11. The third-order valence-electron chi connectivity index (χ3n) is 2.28. The van der Waals surface area contributed by atoms with Crippen molar-refractivity contribution in [2.24, 2.45) is 11.7 Å². The molecule has 1 unspecified atom stereocenters. The number of halogens is 1. The molecule has 2 amide bonds. The standard InChI is InChI=1S/C11H13FN2O3/c1-7(10(15)16)6-14(11(13)17)9-4-2-8(12)3-5-9/h2-5,7H,6H2,1H3,(H2,13,17)(H,15,16). The maximum Gasteiger partial charge on any atom is 0.319 e. The van der Waals surface area contributed by atoms with Gasteiger partial charge in [-0.05, 0) is 24.3 Å². The lowest BCUT2D eigenvalue weighted by Crippen LogP contribution is -2.40. The number of rotatable bonds is 4. The predicted molar refractivity (Wildman–Crippen MR) is 60.1 cm³/mol. The highest BCUT2D eigenvalue weighted by atomic mass is 19.1. The van der Waals surface area contributed by atoms with Crippen molar-refractivity contribution in [2.45, 2.75) is 6.92 Å². The van der Waals surface area contributed by atoms with Gasteiger partial charge in [0.25, 0.3) is 0 Å². The Morgan fingerprint density at radius 3 is 2.35 bits per heavy atom. The zero-order valence-corrected chi connectivity index (χ0v) is 9.26. The van der Waals surface area contributed by atoms with Gasteiger partial charge in [-0.25, -0.2) is 9.18 Å². The van der Waals surface area contributed by atoms with Crippen molar-refractivity contribution in [3.63, 3.8) is 0 Å². The number of urea groups is 1. The van der Waals surface area contributed by atoms with Crippen molar-refractivity contribution in [3.8, 4) is 0 Å². The zero-order valence-electron chi connectivity index (χ0n) is 9.26. The van der Waals surface area contributed by atoms with Crippen molar-refractivity contribution in [3.05, 3.63) is 30.1 Å². The number of anilines is 1. The van der Waals surface area contributed by atoms with Crippen LogP contribution in [-0.4, -0.2) is 23.7 Å². The monoisotopic (exact) mass is 240 g/mol. The summed E-state index contributed by atoms with van der Waals surface area (Å²) in [5.41, 5.74) is 5.52. The second-order valence-electron chi connectivity index (χ2n) is 3.66. The molecule has 92 valence electrons. The molecule has 0 bridgehead atoms. The van der Waals surface area contributed by atoms with Crippen LogP contribution in [0.3, 0.4) is 0 Å². The lowest BCUT2D eigenvalue weighted by molar-refractivity contribution is -0.140. The van der Waals surface area contributed by atoms with E-state index in [-0.39, 0.29) is 6.54 Å². The molecule has 5 nitrogen and oxygen atoms in total. The van der Waals surface area contributed by atoms with Crippen LogP contribution >= 0.6 is 0 Å². The fourth-order valence-electron chi connectivity index (χ4n) is 1.30. The van der Waals surface area contributed by atoms with Crippen LogP contribution in [0.4, 0.5) is 14.9 Å². The van der Waals surface area contributed by atoms with Gasteiger partial charge in [-0.15, -0.1) is 0 Å². The lowest BCUT2D eigenvalue weighted by Gasteiger charge is -2.22. The molecule has 0 radical (unpaired) electrons. The number of hydrogen-bond acceptors (Lipinski definition) is 2. The molecule has 17 heavy (non-hydrogen) atoms. The molecule has 0 saturated carbocycles. The summed E-state index contributed by atoms with van der Waals surface area (Å²) in [4.78, 5) is 23.0. The van der Waals surface area contributed by atoms with Crippen LogP contribution in [0.5, 0.6) is 0 Å². The highest BCUT2D eigenvalue weighted by Crippen LogP contribution is 2.16. The highest BCUT2D eigenvalue weighted by Gasteiger charge is 2.20. The molecular formula is C11H13FN2O3. The Morgan fingerprint density at radius 1 is 1.41 bits per heavy atom. The van der Waals surface area contributed by atoms with Crippen LogP contribution < -0.4 is 10.6 Å². The normalized spacial score (nSPS) is 11.9. The molecule has 6 heteroatoms. The van der Waals surface area contributed by atoms with Crippen LogP contribution in [0.1, 0.15) is 6.92 Å². The fourth-order valence-corrected chi connectivity index (χ4v) is 1.30. The Balaban J connectivity index is 2.90. The third-order valence-corrected chi connectivity index (χ3v) is 2.28. The van der Waals surface area contributed by atoms with E-state index in [2.05, 4.69) is 0 Å². The topological polar surface area (TPSA) is 83.6 Å². The van der Waals surface area contributed by atoms with E-state index in [0.29, 0.717) is 5.69 Å². The van der Waals surface area contributed by atoms with E-state index < -0.39 is 23.7 Å². The van der Waals surface area contributed by atoms with Crippen molar-refractivity contribution < 1.29 is 19.1 Å². The second kappa shape index (κ2) is 5.29. The van der Waals surface area contributed by atoms with Crippen LogP contribution in [0.2, 0.25) is 0 Å². The molecule has 0 fully saturated rings. The fraction of sp³-hybridized carbons (Fsp3) is 0.273. The Kier molecular flexibility index (Phi) is 4.03. The quantitative estimate of drug-likeness (QED) is 0.835. The van der Waals surface area contributed by atoms with Gasteiger partial charge in [0.1, 0.15) is 5.82 Å². The van der Waals surface area contributed by atoms with Gasteiger partial charge in [-0.3, -0.25) is 9.69 Å². The second-order valence-corrected chi connectivity index (χ2v) is 3.66. The maximum absolute atomic E-state index is 12.7. The van der Waals surface area contributed by atoms with Gasteiger partial charge in [0, 0.05) is 12.2 Å².